The molecule has 0 unspecified atom stereocenters. The van der Waals surface area contributed by atoms with Crippen LogP contribution >= 0.6 is 12.2 Å². The minimum atomic E-state index is 0.00968. The first-order valence-electron chi connectivity index (χ1n) is 4.72. The number of unbranched alkanes of at least 4 members (excludes halogenated alkanes) is 3. The summed E-state index contributed by atoms with van der Waals surface area (Å²) in [5, 5.41) is 5.69. The summed E-state index contributed by atoms with van der Waals surface area (Å²) in [5.41, 5.74) is 0. The lowest BCUT2D eigenvalue weighted by atomic mass is 10.1. The fourth-order valence-corrected chi connectivity index (χ4v) is 1.08. The molecule has 1 amide bonds. The van der Waals surface area contributed by atoms with E-state index in [-0.39, 0.29) is 5.91 Å². The minimum Gasteiger partial charge on any atom is -0.365 e. The monoisotopic (exact) mass is 202 g/mol. The molecule has 0 rings (SSSR count). The van der Waals surface area contributed by atoms with Crippen molar-refractivity contribution >= 4 is 23.2 Å². The highest BCUT2D eigenvalue weighted by Crippen LogP contribution is 2.01. The van der Waals surface area contributed by atoms with Crippen molar-refractivity contribution in [1.29, 1.82) is 0 Å². The Hall–Kier alpha value is -0.640. The van der Waals surface area contributed by atoms with E-state index in [2.05, 4.69) is 17.6 Å². The summed E-state index contributed by atoms with van der Waals surface area (Å²) < 4.78 is 0. The van der Waals surface area contributed by atoms with Crippen LogP contribution in [0.4, 0.5) is 0 Å². The molecule has 0 aliphatic carbocycles. The van der Waals surface area contributed by atoms with Crippen LogP contribution < -0.4 is 10.6 Å². The molecule has 0 bridgehead atoms. The van der Waals surface area contributed by atoms with Gasteiger partial charge in [-0.05, 0) is 18.6 Å². The van der Waals surface area contributed by atoms with Gasteiger partial charge in [-0.1, -0.05) is 26.2 Å². The molecule has 76 valence electrons. The van der Waals surface area contributed by atoms with Crippen molar-refractivity contribution in [3.05, 3.63) is 0 Å². The summed E-state index contributed by atoms with van der Waals surface area (Å²) >= 11 is 4.79. The van der Waals surface area contributed by atoms with Crippen LogP contribution in [0.2, 0.25) is 0 Å². The predicted octanol–water partition coefficient (Wildman–Crippen LogP) is 1.58. The molecule has 0 aliphatic rings. The smallest absolute Gasteiger partial charge is 0.226 e. The number of amides is 1. The van der Waals surface area contributed by atoms with Crippen LogP contribution in [0.15, 0.2) is 0 Å². The molecule has 0 aromatic rings. The van der Waals surface area contributed by atoms with Crippen molar-refractivity contribution in [2.75, 3.05) is 7.05 Å². The quantitative estimate of drug-likeness (QED) is 0.525. The SMILES string of the molecule is CCCCCCC(=O)NC(=S)NC. The van der Waals surface area contributed by atoms with Crippen LogP contribution in [0.25, 0.3) is 0 Å². The molecule has 0 fully saturated rings. The lowest BCUT2D eigenvalue weighted by molar-refractivity contribution is -0.119. The van der Waals surface area contributed by atoms with Crippen LogP contribution in [-0.2, 0) is 4.79 Å². The molecule has 2 N–H and O–H groups in total. The third-order valence-electron chi connectivity index (χ3n) is 1.74. The summed E-state index contributed by atoms with van der Waals surface area (Å²) in [7, 11) is 1.69. The second kappa shape index (κ2) is 7.98. The molecule has 0 heterocycles. The van der Waals surface area contributed by atoms with E-state index in [1.807, 2.05) is 0 Å². The van der Waals surface area contributed by atoms with Crippen molar-refractivity contribution in [1.82, 2.24) is 10.6 Å². The summed E-state index contributed by atoms with van der Waals surface area (Å²) in [4.78, 5) is 11.1. The maximum Gasteiger partial charge on any atom is 0.226 e. The van der Waals surface area contributed by atoms with Gasteiger partial charge in [0.05, 0.1) is 0 Å². The summed E-state index contributed by atoms with van der Waals surface area (Å²) in [6.07, 6.45) is 5.03. The normalized spacial score (nSPS) is 9.38. The summed E-state index contributed by atoms with van der Waals surface area (Å²) in [6, 6.07) is 0. The van der Waals surface area contributed by atoms with E-state index >= 15 is 0 Å². The zero-order valence-corrected chi connectivity index (χ0v) is 9.17. The lowest BCUT2D eigenvalue weighted by Crippen LogP contribution is -2.36. The van der Waals surface area contributed by atoms with Crippen LogP contribution in [-0.4, -0.2) is 18.1 Å². The van der Waals surface area contributed by atoms with Gasteiger partial charge < -0.3 is 10.6 Å². The average Bonchev–Trinajstić information content (AvgIpc) is 2.12. The van der Waals surface area contributed by atoms with Gasteiger partial charge in [-0.15, -0.1) is 0 Å². The molecule has 0 spiro atoms. The maximum atomic E-state index is 11.1. The highest BCUT2D eigenvalue weighted by Gasteiger charge is 2.01. The first kappa shape index (κ1) is 12.4. The Morgan fingerprint density at radius 2 is 2.00 bits per heavy atom. The van der Waals surface area contributed by atoms with Gasteiger partial charge >= 0.3 is 0 Å². The second-order valence-corrected chi connectivity index (χ2v) is 3.35. The summed E-state index contributed by atoms with van der Waals surface area (Å²) in [5.74, 6) is 0.00968. The van der Waals surface area contributed by atoms with Crippen molar-refractivity contribution in [2.24, 2.45) is 0 Å². The number of carbonyl (C=O) groups is 1. The third-order valence-corrected chi connectivity index (χ3v) is 2.04. The molecule has 4 heteroatoms. The Morgan fingerprint density at radius 1 is 1.31 bits per heavy atom. The zero-order chi connectivity index (χ0) is 10.1. The topological polar surface area (TPSA) is 41.1 Å². The number of nitrogens with one attached hydrogen (secondary N) is 2. The predicted molar refractivity (Wildman–Crippen MR) is 58.6 cm³/mol. The molecule has 0 atom stereocenters. The van der Waals surface area contributed by atoms with E-state index in [4.69, 9.17) is 12.2 Å². The molecule has 0 aromatic heterocycles. The standard InChI is InChI=1S/C9H18N2OS/c1-3-4-5-6-7-8(12)11-9(13)10-2/h3-7H2,1-2H3,(H2,10,11,12,13). The lowest BCUT2D eigenvalue weighted by Gasteiger charge is -2.04. The number of hydrogen-bond donors (Lipinski definition) is 2. The molecular formula is C9H18N2OS. The van der Waals surface area contributed by atoms with Gasteiger partial charge in [0.2, 0.25) is 5.91 Å². The fraction of sp³-hybridized carbons (Fsp3) is 0.778. The Balaban J connectivity index is 3.35. The van der Waals surface area contributed by atoms with Crippen molar-refractivity contribution in [3.8, 4) is 0 Å². The molecular weight excluding hydrogens is 184 g/mol. The van der Waals surface area contributed by atoms with Gasteiger partial charge in [-0.2, -0.15) is 0 Å². The number of hydrogen-bond acceptors (Lipinski definition) is 2. The Kier molecular flexibility index (Phi) is 7.59. The molecule has 3 nitrogen and oxygen atoms in total. The first-order valence-corrected chi connectivity index (χ1v) is 5.13. The van der Waals surface area contributed by atoms with Crippen LogP contribution in [0.3, 0.4) is 0 Å². The largest absolute Gasteiger partial charge is 0.365 e. The van der Waals surface area contributed by atoms with Crippen LogP contribution in [0.1, 0.15) is 39.0 Å². The molecule has 0 radical (unpaired) electrons. The number of carbonyl (C=O) groups excluding carboxylic acids is 1. The highest BCUT2D eigenvalue weighted by molar-refractivity contribution is 7.80. The van der Waals surface area contributed by atoms with E-state index in [1.165, 1.54) is 12.8 Å². The van der Waals surface area contributed by atoms with E-state index in [0.717, 1.165) is 12.8 Å². The van der Waals surface area contributed by atoms with Crippen molar-refractivity contribution < 1.29 is 4.79 Å². The third kappa shape index (κ3) is 7.71. The van der Waals surface area contributed by atoms with Gasteiger partial charge in [0.25, 0.3) is 0 Å². The van der Waals surface area contributed by atoms with Crippen LogP contribution in [0, 0.1) is 0 Å². The molecule has 0 aromatic carbocycles. The summed E-state index contributed by atoms with van der Waals surface area (Å²) in [6.45, 7) is 2.15. The van der Waals surface area contributed by atoms with E-state index < -0.39 is 0 Å². The fourth-order valence-electron chi connectivity index (χ4n) is 0.964. The average molecular weight is 202 g/mol. The van der Waals surface area contributed by atoms with E-state index in [9.17, 15) is 4.79 Å². The Bertz CT molecular complexity index is 171. The molecule has 0 aliphatic heterocycles. The number of thiocarbonyl (C=S) groups is 1. The van der Waals surface area contributed by atoms with Crippen molar-refractivity contribution in [2.45, 2.75) is 39.0 Å². The van der Waals surface area contributed by atoms with Gasteiger partial charge in [0.1, 0.15) is 0 Å². The first-order chi connectivity index (χ1) is 6.20. The Labute approximate surface area is 85.3 Å². The van der Waals surface area contributed by atoms with Crippen LogP contribution in [0.5, 0.6) is 0 Å². The van der Waals surface area contributed by atoms with Gasteiger partial charge in [0.15, 0.2) is 5.11 Å². The van der Waals surface area contributed by atoms with Gasteiger partial charge in [0, 0.05) is 13.5 Å². The highest BCUT2D eigenvalue weighted by atomic mass is 32.1. The molecule has 0 saturated carbocycles. The molecule has 13 heavy (non-hydrogen) atoms. The molecule has 0 saturated heterocycles. The van der Waals surface area contributed by atoms with Gasteiger partial charge in [-0.3, -0.25) is 4.79 Å². The van der Waals surface area contributed by atoms with E-state index in [0.29, 0.717) is 11.5 Å². The Morgan fingerprint density at radius 3 is 2.54 bits per heavy atom. The zero-order valence-electron chi connectivity index (χ0n) is 8.35. The maximum absolute atomic E-state index is 11.1. The van der Waals surface area contributed by atoms with Crippen molar-refractivity contribution in [3.63, 3.8) is 0 Å². The second-order valence-electron chi connectivity index (χ2n) is 2.94. The number of rotatable bonds is 5. The van der Waals surface area contributed by atoms with E-state index in [1.54, 1.807) is 7.05 Å². The minimum absolute atomic E-state index is 0.00968. The van der Waals surface area contributed by atoms with Gasteiger partial charge in [-0.25, -0.2) is 0 Å².